The molecule has 11 heteroatoms. The highest BCUT2D eigenvalue weighted by Gasteiger charge is 2.34. The number of H-pyrrole nitrogens is 1. The van der Waals surface area contributed by atoms with Gasteiger partial charge in [-0.05, 0) is 18.2 Å². The SMILES string of the molecule is CN(C)c1ccc(NC(=O)NNc2ncn[nH]2)c(C(F)(F)F)c1. The van der Waals surface area contributed by atoms with Crippen molar-refractivity contribution in [2.24, 2.45) is 0 Å². The Kier molecular flexibility index (Phi) is 4.57. The highest BCUT2D eigenvalue weighted by molar-refractivity contribution is 5.91. The lowest BCUT2D eigenvalue weighted by molar-refractivity contribution is -0.136. The van der Waals surface area contributed by atoms with E-state index in [1.165, 1.54) is 23.4 Å². The van der Waals surface area contributed by atoms with E-state index in [9.17, 15) is 18.0 Å². The van der Waals surface area contributed by atoms with Crippen LogP contribution in [0.4, 0.5) is 35.3 Å². The summed E-state index contributed by atoms with van der Waals surface area (Å²) in [6, 6.07) is 2.73. The van der Waals surface area contributed by atoms with Gasteiger partial charge < -0.3 is 10.2 Å². The molecule has 0 saturated heterocycles. The zero-order valence-electron chi connectivity index (χ0n) is 12.2. The van der Waals surface area contributed by atoms with Crippen LogP contribution in [0.2, 0.25) is 0 Å². The second-order valence-corrected chi connectivity index (χ2v) is 4.66. The van der Waals surface area contributed by atoms with Crippen molar-refractivity contribution in [2.45, 2.75) is 6.18 Å². The maximum atomic E-state index is 13.1. The second-order valence-electron chi connectivity index (χ2n) is 4.66. The van der Waals surface area contributed by atoms with Gasteiger partial charge in [-0.25, -0.2) is 15.3 Å². The van der Waals surface area contributed by atoms with Crippen LogP contribution >= 0.6 is 0 Å². The molecule has 1 aromatic carbocycles. The number of hydrogen-bond donors (Lipinski definition) is 4. The van der Waals surface area contributed by atoms with Crippen LogP contribution in [0, 0.1) is 0 Å². The Bertz CT molecular complexity index is 670. The molecule has 1 heterocycles. The molecule has 0 aliphatic carbocycles. The van der Waals surface area contributed by atoms with Gasteiger partial charge in [0.25, 0.3) is 0 Å². The largest absolute Gasteiger partial charge is 0.418 e. The summed E-state index contributed by atoms with van der Waals surface area (Å²) in [6.45, 7) is 0. The highest BCUT2D eigenvalue weighted by Crippen LogP contribution is 2.37. The molecule has 0 saturated carbocycles. The van der Waals surface area contributed by atoms with Gasteiger partial charge in [0.1, 0.15) is 6.33 Å². The van der Waals surface area contributed by atoms with Gasteiger partial charge >= 0.3 is 12.2 Å². The molecule has 0 fully saturated rings. The van der Waals surface area contributed by atoms with E-state index in [1.54, 1.807) is 14.1 Å². The van der Waals surface area contributed by atoms with Crippen LogP contribution < -0.4 is 21.1 Å². The summed E-state index contributed by atoms with van der Waals surface area (Å²) in [7, 11) is 3.24. The third-order valence-electron chi connectivity index (χ3n) is 2.78. The monoisotopic (exact) mass is 329 g/mol. The Morgan fingerprint density at radius 1 is 1.30 bits per heavy atom. The predicted molar refractivity (Wildman–Crippen MR) is 77.9 cm³/mol. The number of nitrogens with one attached hydrogen (secondary N) is 4. The van der Waals surface area contributed by atoms with Crippen molar-refractivity contribution in [3.05, 3.63) is 30.1 Å². The molecule has 2 rings (SSSR count). The Labute approximate surface area is 129 Å². The van der Waals surface area contributed by atoms with E-state index in [-0.39, 0.29) is 11.6 Å². The number of carbonyl (C=O) groups is 1. The van der Waals surface area contributed by atoms with E-state index in [1.807, 2.05) is 0 Å². The molecule has 4 N–H and O–H groups in total. The van der Waals surface area contributed by atoms with Gasteiger partial charge in [-0.2, -0.15) is 23.3 Å². The van der Waals surface area contributed by atoms with Gasteiger partial charge in [0.15, 0.2) is 0 Å². The number of carbonyl (C=O) groups excluding carboxylic acids is 1. The second kappa shape index (κ2) is 6.42. The van der Waals surface area contributed by atoms with Gasteiger partial charge in [0.05, 0.1) is 11.3 Å². The Morgan fingerprint density at radius 2 is 2.04 bits per heavy atom. The number of rotatable bonds is 4. The van der Waals surface area contributed by atoms with Gasteiger partial charge in [0.2, 0.25) is 5.95 Å². The third-order valence-corrected chi connectivity index (χ3v) is 2.78. The zero-order valence-corrected chi connectivity index (χ0v) is 12.2. The van der Waals surface area contributed by atoms with Crippen molar-refractivity contribution in [2.75, 3.05) is 29.7 Å². The van der Waals surface area contributed by atoms with E-state index in [0.29, 0.717) is 5.69 Å². The van der Waals surface area contributed by atoms with Crippen molar-refractivity contribution in [1.29, 1.82) is 0 Å². The number of amides is 2. The van der Waals surface area contributed by atoms with E-state index >= 15 is 0 Å². The molecule has 2 amide bonds. The summed E-state index contributed by atoms with van der Waals surface area (Å²) < 4.78 is 39.4. The van der Waals surface area contributed by atoms with Crippen molar-refractivity contribution in [3.63, 3.8) is 0 Å². The molecule has 124 valence electrons. The topological polar surface area (TPSA) is 98.0 Å². The molecule has 0 radical (unpaired) electrons. The van der Waals surface area contributed by atoms with Crippen LogP contribution in [0.5, 0.6) is 0 Å². The molecule has 0 aliphatic rings. The first-order valence-corrected chi connectivity index (χ1v) is 6.34. The maximum absolute atomic E-state index is 13.1. The molecule has 23 heavy (non-hydrogen) atoms. The normalized spacial score (nSPS) is 11.0. The van der Waals surface area contributed by atoms with Gasteiger partial charge in [-0.15, -0.1) is 0 Å². The van der Waals surface area contributed by atoms with E-state index in [4.69, 9.17) is 0 Å². The molecule has 2 aromatic rings. The standard InChI is InChI=1S/C12H14F3N7O/c1-22(2)7-3-4-9(8(5-7)12(13,14)15)18-11(23)21-20-10-16-6-17-19-10/h3-6H,1-2H3,(H2,18,21,23)(H2,16,17,19,20). The lowest BCUT2D eigenvalue weighted by atomic mass is 10.1. The van der Waals surface area contributed by atoms with Crippen LogP contribution in [0.1, 0.15) is 5.56 Å². The fourth-order valence-corrected chi connectivity index (χ4v) is 1.69. The number of nitrogens with zero attached hydrogens (tertiary/aromatic N) is 3. The minimum Gasteiger partial charge on any atom is -0.378 e. The Balaban J connectivity index is 2.13. The quantitative estimate of drug-likeness (QED) is 0.644. The lowest BCUT2D eigenvalue weighted by Gasteiger charge is -2.18. The number of hydrazine groups is 1. The highest BCUT2D eigenvalue weighted by atomic mass is 19.4. The molecule has 0 atom stereocenters. The zero-order chi connectivity index (χ0) is 17.0. The first-order valence-electron chi connectivity index (χ1n) is 6.34. The van der Waals surface area contributed by atoms with E-state index < -0.39 is 17.8 Å². The number of urea groups is 1. The average Bonchev–Trinajstić information content (AvgIpc) is 2.97. The number of hydrogen-bond acceptors (Lipinski definition) is 5. The number of aromatic nitrogens is 3. The van der Waals surface area contributed by atoms with Crippen LogP contribution in [0.3, 0.4) is 0 Å². The van der Waals surface area contributed by atoms with E-state index in [2.05, 4.69) is 31.3 Å². The molecule has 0 aliphatic heterocycles. The predicted octanol–water partition coefficient (Wildman–Crippen LogP) is 2.04. The third kappa shape index (κ3) is 4.25. The van der Waals surface area contributed by atoms with Crippen LogP contribution in [0.15, 0.2) is 24.5 Å². The van der Waals surface area contributed by atoms with Gasteiger partial charge in [-0.1, -0.05) is 0 Å². The van der Waals surface area contributed by atoms with Crippen molar-refractivity contribution in [1.82, 2.24) is 20.6 Å². The minimum absolute atomic E-state index is 0.138. The summed E-state index contributed by atoms with van der Waals surface area (Å²) in [4.78, 5) is 16.9. The summed E-state index contributed by atoms with van der Waals surface area (Å²) in [5.41, 5.74) is 3.55. The van der Waals surface area contributed by atoms with Crippen molar-refractivity contribution in [3.8, 4) is 0 Å². The summed E-state index contributed by atoms with van der Waals surface area (Å²) >= 11 is 0. The fourth-order valence-electron chi connectivity index (χ4n) is 1.69. The van der Waals surface area contributed by atoms with E-state index in [0.717, 1.165) is 6.07 Å². The fraction of sp³-hybridized carbons (Fsp3) is 0.250. The van der Waals surface area contributed by atoms with Crippen LogP contribution in [-0.4, -0.2) is 35.3 Å². The summed E-state index contributed by atoms with van der Waals surface area (Å²) in [5, 5.41) is 8.08. The number of alkyl halides is 3. The molecule has 0 spiro atoms. The van der Waals surface area contributed by atoms with Crippen LogP contribution in [0.25, 0.3) is 0 Å². The van der Waals surface area contributed by atoms with Crippen molar-refractivity contribution < 1.29 is 18.0 Å². The molecule has 0 unspecified atom stereocenters. The van der Waals surface area contributed by atoms with Crippen molar-refractivity contribution >= 4 is 23.4 Å². The first-order chi connectivity index (χ1) is 10.8. The molecule has 8 nitrogen and oxygen atoms in total. The Morgan fingerprint density at radius 3 is 2.61 bits per heavy atom. The summed E-state index contributed by atoms with van der Waals surface area (Å²) in [6.07, 6.45) is -3.41. The van der Waals surface area contributed by atoms with Gasteiger partial charge in [-0.3, -0.25) is 5.43 Å². The number of halogens is 3. The molecule has 1 aromatic heterocycles. The molecule has 0 bridgehead atoms. The lowest BCUT2D eigenvalue weighted by Crippen LogP contribution is -2.34. The minimum atomic E-state index is -4.60. The molecular formula is C12H14F3N7O. The first kappa shape index (κ1) is 16.4. The number of aromatic amines is 1. The van der Waals surface area contributed by atoms with Crippen LogP contribution in [-0.2, 0) is 6.18 Å². The maximum Gasteiger partial charge on any atom is 0.418 e. The average molecular weight is 329 g/mol. The number of anilines is 3. The smallest absolute Gasteiger partial charge is 0.378 e. The number of benzene rings is 1. The Hall–Kier alpha value is -2.98. The summed E-state index contributed by atoms with van der Waals surface area (Å²) in [5.74, 6) is 0.138. The molecular weight excluding hydrogens is 315 g/mol. The van der Waals surface area contributed by atoms with Gasteiger partial charge in [0, 0.05) is 19.8 Å².